The number of hydrogen-bond acceptors (Lipinski definition) is 3. The Hall–Kier alpha value is -1.10. The van der Waals surface area contributed by atoms with E-state index < -0.39 is 0 Å². The van der Waals surface area contributed by atoms with Crippen LogP contribution in [0.1, 0.15) is 25.7 Å². The first kappa shape index (κ1) is 13.0. The van der Waals surface area contributed by atoms with E-state index >= 15 is 0 Å². The molecule has 92 valence electrons. The molecular formula is C11H21N3O2. The fraction of sp³-hybridized carbons (Fsp3) is 0.818. The summed E-state index contributed by atoms with van der Waals surface area (Å²) in [5, 5.41) is 2.77. The molecule has 3 N–H and O–H groups in total. The monoisotopic (exact) mass is 227 g/mol. The summed E-state index contributed by atoms with van der Waals surface area (Å²) in [5.41, 5.74) is 5.82. The third-order valence-corrected chi connectivity index (χ3v) is 3.04. The maximum atomic E-state index is 11.7. The summed E-state index contributed by atoms with van der Waals surface area (Å²) in [6.45, 7) is 0.402. The van der Waals surface area contributed by atoms with Crippen LogP contribution in [0.4, 0.5) is 0 Å². The minimum absolute atomic E-state index is 0.00319. The van der Waals surface area contributed by atoms with Gasteiger partial charge in [-0.15, -0.1) is 0 Å². The van der Waals surface area contributed by atoms with Gasteiger partial charge >= 0.3 is 0 Å². The molecule has 16 heavy (non-hydrogen) atoms. The van der Waals surface area contributed by atoms with Gasteiger partial charge in [-0.1, -0.05) is 6.42 Å². The average molecular weight is 227 g/mol. The van der Waals surface area contributed by atoms with Gasteiger partial charge in [0.05, 0.1) is 5.92 Å². The molecule has 1 aliphatic carbocycles. The Morgan fingerprint density at radius 3 is 2.56 bits per heavy atom. The van der Waals surface area contributed by atoms with Crippen molar-refractivity contribution in [3.05, 3.63) is 0 Å². The zero-order valence-corrected chi connectivity index (χ0v) is 10.0. The zero-order valence-electron chi connectivity index (χ0n) is 10.0. The van der Waals surface area contributed by atoms with E-state index in [9.17, 15) is 9.59 Å². The quantitative estimate of drug-likeness (QED) is 0.693. The second-order valence-corrected chi connectivity index (χ2v) is 4.53. The fourth-order valence-electron chi connectivity index (χ4n) is 1.96. The van der Waals surface area contributed by atoms with Crippen LogP contribution < -0.4 is 11.1 Å². The van der Waals surface area contributed by atoms with Crippen molar-refractivity contribution < 1.29 is 9.59 Å². The summed E-state index contributed by atoms with van der Waals surface area (Å²) < 4.78 is 0. The summed E-state index contributed by atoms with van der Waals surface area (Å²) in [7, 11) is 3.41. The van der Waals surface area contributed by atoms with Crippen molar-refractivity contribution in [3.63, 3.8) is 0 Å². The van der Waals surface area contributed by atoms with Gasteiger partial charge in [0.2, 0.25) is 11.8 Å². The molecule has 2 amide bonds. The Morgan fingerprint density at radius 1 is 1.38 bits per heavy atom. The Kier molecular flexibility index (Phi) is 4.73. The molecule has 0 aromatic carbocycles. The number of nitrogens with two attached hydrogens (primary N) is 1. The van der Waals surface area contributed by atoms with Gasteiger partial charge in [0, 0.05) is 33.1 Å². The van der Waals surface area contributed by atoms with E-state index in [0.717, 1.165) is 19.3 Å². The number of carbonyl (C=O) groups excluding carboxylic acids is 2. The van der Waals surface area contributed by atoms with E-state index in [2.05, 4.69) is 5.32 Å². The van der Waals surface area contributed by atoms with Crippen molar-refractivity contribution >= 4 is 11.8 Å². The Bertz CT molecular complexity index is 266. The Morgan fingerprint density at radius 2 is 2.06 bits per heavy atom. The summed E-state index contributed by atoms with van der Waals surface area (Å²) in [5.74, 6) is -0.0398. The third kappa shape index (κ3) is 3.48. The lowest BCUT2D eigenvalue weighted by molar-refractivity contribution is -0.129. The normalized spacial score (nSPS) is 24.2. The number of nitrogens with one attached hydrogen (secondary N) is 1. The van der Waals surface area contributed by atoms with Crippen molar-refractivity contribution in [2.75, 3.05) is 20.6 Å². The van der Waals surface area contributed by atoms with E-state index in [-0.39, 0.29) is 23.8 Å². The molecule has 1 fully saturated rings. The topological polar surface area (TPSA) is 75.4 Å². The maximum Gasteiger partial charge on any atom is 0.224 e. The number of nitrogens with zero attached hydrogens (tertiary/aromatic N) is 1. The van der Waals surface area contributed by atoms with Crippen LogP contribution in [0.5, 0.6) is 0 Å². The molecule has 5 nitrogen and oxygen atoms in total. The SMILES string of the molecule is CN(C)C(=O)CCNC(=O)C1CCCC1N. The van der Waals surface area contributed by atoms with E-state index in [1.54, 1.807) is 14.1 Å². The number of amides is 2. The molecule has 2 unspecified atom stereocenters. The third-order valence-electron chi connectivity index (χ3n) is 3.04. The van der Waals surface area contributed by atoms with Gasteiger partial charge in [-0.05, 0) is 12.8 Å². The van der Waals surface area contributed by atoms with Crippen LogP contribution in [0.25, 0.3) is 0 Å². The van der Waals surface area contributed by atoms with Crippen LogP contribution in [0.15, 0.2) is 0 Å². The Labute approximate surface area is 96.4 Å². The van der Waals surface area contributed by atoms with E-state index in [1.165, 1.54) is 4.90 Å². The first-order valence-corrected chi connectivity index (χ1v) is 5.76. The highest BCUT2D eigenvalue weighted by Crippen LogP contribution is 2.23. The number of rotatable bonds is 4. The second kappa shape index (κ2) is 5.84. The summed E-state index contributed by atoms with van der Waals surface area (Å²) in [6.07, 6.45) is 3.17. The Balaban J connectivity index is 2.22. The summed E-state index contributed by atoms with van der Waals surface area (Å²) in [4.78, 5) is 24.5. The molecule has 0 aliphatic heterocycles. The van der Waals surface area contributed by atoms with Crippen molar-refractivity contribution in [1.82, 2.24) is 10.2 Å². The van der Waals surface area contributed by atoms with Gasteiger partial charge in [0.25, 0.3) is 0 Å². The van der Waals surface area contributed by atoms with Crippen molar-refractivity contribution in [1.29, 1.82) is 0 Å². The van der Waals surface area contributed by atoms with Gasteiger partial charge in [0.1, 0.15) is 0 Å². The van der Waals surface area contributed by atoms with Crippen LogP contribution in [-0.4, -0.2) is 43.4 Å². The maximum absolute atomic E-state index is 11.7. The molecular weight excluding hydrogens is 206 g/mol. The minimum atomic E-state index is -0.0607. The molecule has 0 aromatic heterocycles. The molecule has 0 bridgehead atoms. The molecule has 2 atom stereocenters. The molecule has 0 radical (unpaired) electrons. The van der Waals surface area contributed by atoms with Crippen molar-refractivity contribution in [2.45, 2.75) is 31.7 Å². The predicted molar refractivity (Wildman–Crippen MR) is 61.6 cm³/mol. The van der Waals surface area contributed by atoms with Crippen molar-refractivity contribution in [2.24, 2.45) is 11.7 Å². The first-order chi connectivity index (χ1) is 7.52. The standard InChI is InChI=1S/C11H21N3O2/c1-14(2)10(15)6-7-13-11(16)8-4-3-5-9(8)12/h8-9H,3-7,12H2,1-2H3,(H,13,16). The highest BCUT2D eigenvalue weighted by molar-refractivity contribution is 5.81. The van der Waals surface area contributed by atoms with Crippen LogP contribution in [0.3, 0.4) is 0 Å². The molecule has 1 rings (SSSR count). The molecule has 1 aliphatic rings. The van der Waals surface area contributed by atoms with Crippen molar-refractivity contribution in [3.8, 4) is 0 Å². The lowest BCUT2D eigenvalue weighted by atomic mass is 10.0. The van der Waals surface area contributed by atoms with Crippen LogP contribution >= 0.6 is 0 Å². The van der Waals surface area contributed by atoms with Gasteiger partial charge in [-0.25, -0.2) is 0 Å². The van der Waals surface area contributed by atoms with Gasteiger partial charge in [0.15, 0.2) is 0 Å². The highest BCUT2D eigenvalue weighted by Gasteiger charge is 2.29. The molecule has 0 heterocycles. The molecule has 5 heteroatoms. The summed E-state index contributed by atoms with van der Waals surface area (Å²) in [6, 6.07) is -0.00968. The van der Waals surface area contributed by atoms with E-state index in [4.69, 9.17) is 5.73 Å². The fourth-order valence-corrected chi connectivity index (χ4v) is 1.96. The van der Waals surface area contributed by atoms with E-state index in [0.29, 0.717) is 13.0 Å². The molecule has 0 saturated heterocycles. The molecule has 0 aromatic rings. The number of carbonyl (C=O) groups is 2. The van der Waals surface area contributed by atoms with Crippen LogP contribution in [-0.2, 0) is 9.59 Å². The largest absolute Gasteiger partial charge is 0.355 e. The summed E-state index contributed by atoms with van der Waals surface area (Å²) >= 11 is 0. The molecule has 1 saturated carbocycles. The molecule has 0 spiro atoms. The number of hydrogen-bond donors (Lipinski definition) is 2. The minimum Gasteiger partial charge on any atom is -0.355 e. The van der Waals surface area contributed by atoms with Crippen LogP contribution in [0.2, 0.25) is 0 Å². The van der Waals surface area contributed by atoms with Gasteiger partial charge in [-0.3, -0.25) is 9.59 Å². The smallest absolute Gasteiger partial charge is 0.224 e. The van der Waals surface area contributed by atoms with Crippen LogP contribution in [0, 0.1) is 5.92 Å². The first-order valence-electron chi connectivity index (χ1n) is 5.76. The zero-order chi connectivity index (χ0) is 12.1. The lowest BCUT2D eigenvalue weighted by Crippen LogP contribution is -2.39. The van der Waals surface area contributed by atoms with Gasteiger partial charge < -0.3 is 16.0 Å². The lowest BCUT2D eigenvalue weighted by Gasteiger charge is -2.15. The van der Waals surface area contributed by atoms with Gasteiger partial charge in [-0.2, -0.15) is 0 Å². The van der Waals surface area contributed by atoms with E-state index in [1.807, 2.05) is 0 Å². The second-order valence-electron chi connectivity index (χ2n) is 4.53. The predicted octanol–water partition coefficient (Wildman–Crippen LogP) is -0.292. The highest BCUT2D eigenvalue weighted by atomic mass is 16.2. The average Bonchev–Trinajstić information content (AvgIpc) is 2.64.